The molecule has 1 aromatic rings. The topological polar surface area (TPSA) is 42.4 Å². The normalized spacial score (nSPS) is 17.3. The molecule has 4 nitrogen and oxygen atoms in total. The Morgan fingerprint density at radius 2 is 2.05 bits per heavy atom. The minimum Gasteiger partial charge on any atom is -0.443 e. The first-order valence-corrected chi connectivity index (χ1v) is 6.65. The maximum Gasteiger partial charge on any atom is 0.414 e. The molecule has 0 aliphatic carbocycles. The molecule has 0 bridgehead atoms. The molecule has 0 saturated heterocycles. The smallest absolute Gasteiger partial charge is 0.414 e. The zero-order chi connectivity index (χ0) is 14.4. The van der Waals surface area contributed by atoms with E-state index in [0.717, 1.165) is 11.4 Å². The lowest BCUT2D eigenvalue weighted by Crippen LogP contribution is -2.38. The van der Waals surface area contributed by atoms with Gasteiger partial charge in [-0.3, -0.25) is 4.90 Å². The Kier molecular flexibility index (Phi) is 3.25. The number of fused-ring (bicyclic) bond motifs is 1. The predicted octanol–water partition coefficient (Wildman–Crippen LogP) is 3.77. The van der Waals surface area contributed by atoms with Crippen LogP contribution in [0.1, 0.15) is 40.3 Å². The predicted molar refractivity (Wildman–Crippen MR) is 75.9 cm³/mol. The van der Waals surface area contributed by atoms with E-state index in [0.29, 0.717) is 11.7 Å². The highest BCUT2D eigenvalue weighted by molar-refractivity contribution is 6.29. The molecule has 0 N–H and O–H groups in total. The lowest BCUT2D eigenvalue weighted by Gasteiger charge is -2.25. The average Bonchev–Trinajstić information content (AvgIpc) is 2.49. The summed E-state index contributed by atoms with van der Waals surface area (Å²) in [4.78, 5) is 18.2. The summed E-state index contributed by atoms with van der Waals surface area (Å²) < 4.78 is 5.43. The fraction of sp³-hybridized carbons (Fsp3) is 0.571. The second-order valence-electron chi connectivity index (χ2n) is 6.45. The molecule has 0 unspecified atom stereocenters. The van der Waals surface area contributed by atoms with E-state index in [9.17, 15) is 4.79 Å². The van der Waals surface area contributed by atoms with Crippen LogP contribution in [0.3, 0.4) is 0 Å². The Balaban J connectivity index is 2.35. The van der Waals surface area contributed by atoms with Gasteiger partial charge >= 0.3 is 6.09 Å². The van der Waals surface area contributed by atoms with E-state index in [1.807, 2.05) is 40.7 Å². The van der Waals surface area contributed by atoms with Gasteiger partial charge in [0.05, 0.1) is 11.4 Å². The van der Waals surface area contributed by atoms with E-state index < -0.39 is 5.60 Å². The van der Waals surface area contributed by atoms with E-state index >= 15 is 0 Å². The fourth-order valence-electron chi connectivity index (χ4n) is 2.18. The highest BCUT2D eigenvalue weighted by Crippen LogP contribution is 2.40. The number of hydrogen-bond donors (Lipinski definition) is 0. The second-order valence-corrected chi connectivity index (χ2v) is 6.84. The average molecular weight is 283 g/mol. The quantitative estimate of drug-likeness (QED) is 0.680. The van der Waals surface area contributed by atoms with Crippen LogP contribution >= 0.6 is 11.6 Å². The Hall–Kier alpha value is -1.29. The van der Waals surface area contributed by atoms with Gasteiger partial charge < -0.3 is 4.74 Å². The third-order valence-corrected chi connectivity index (χ3v) is 3.15. The highest BCUT2D eigenvalue weighted by atomic mass is 35.5. The number of aromatic nitrogens is 1. The molecular formula is C14H19ClN2O2. The number of pyridine rings is 1. The van der Waals surface area contributed by atoms with Crippen LogP contribution in [0.2, 0.25) is 5.15 Å². The van der Waals surface area contributed by atoms with Crippen LogP contribution in [0.15, 0.2) is 12.1 Å². The van der Waals surface area contributed by atoms with Gasteiger partial charge in [0.2, 0.25) is 0 Å². The van der Waals surface area contributed by atoms with Gasteiger partial charge in [-0.05, 0) is 32.9 Å². The van der Waals surface area contributed by atoms with Crippen molar-refractivity contribution in [2.24, 2.45) is 0 Å². The Morgan fingerprint density at radius 1 is 1.42 bits per heavy atom. The van der Waals surface area contributed by atoms with Crippen LogP contribution in [0.25, 0.3) is 0 Å². The van der Waals surface area contributed by atoms with Crippen molar-refractivity contribution >= 4 is 23.4 Å². The van der Waals surface area contributed by atoms with Gasteiger partial charge in [0.25, 0.3) is 0 Å². The van der Waals surface area contributed by atoms with Gasteiger partial charge in [-0.2, -0.15) is 0 Å². The minimum atomic E-state index is -0.510. The number of carbonyl (C=O) groups excluding carboxylic acids is 1. The summed E-state index contributed by atoms with van der Waals surface area (Å²) in [7, 11) is 0. The SMILES string of the molecule is CC(C)(C)OC(=O)N1CC(C)(C)c2nc(Cl)ccc21. The van der Waals surface area contributed by atoms with Crippen LogP contribution in [-0.2, 0) is 10.2 Å². The summed E-state index contributed by atoms with van der Waals surface area (Å²) in [5.74, 6) is 0. The number of rotatable bonds is 0. The summed E-state index contributed by atoms with van der Waals surface area (Å²) in [6.07, 6.45) is -0.344. The summed E-state index contributed by atoms with van der Waals surface area (Å²) >= 11 is 5.94. The molecule has 19 heavy (non-hydrogen) atoms. The second kappa shape index (κ2) is 4.37. The molecule has 0 saturated carbocycles. The zero-order valence-electron chi connectivity index (χ0n) is 12.0. The van der Waals surface area contributed by atoms with Gasteiger partial charge in [0.1, 0.15) is 10.8 Å². The maximum absolute atomic E-state index is 12.2. The van der Waals surface area contributed by atoms with Crippen molar-refractivity contribution in [2.45, 2.75) is 45.6 Å². The number of amides is 1. The van der Waals surface area contributed by atoms with Crippen molar-refractivity contribution in [3.8, 4) is 0 Å². The van der Waals surface area contributed by atoms with Crippen molar-refractivity contribution in [1.29, 1.82) is 0 Å². The minimum absolute atomic E-state index is 0.225. The van der Waals surface area contributed by atoms with Crippen LogP contribution in [0.5, 0.6) is 0 Å². The lowest BCUT2D eigenvalue weighted by atomic mass is 9.91. The zero-order valence-corrected chi connectivity index (χ0v) is 12.7. The number of nitrogens with zero attached hydrogens (tertiary/aromatic N) is 2. The summed E-state index contributed by atoms with van der Waals surface area (Å²) in [5, 5.41) is 0.442. The number of ether oxygens (including phenoxy) is 1. The molecule has 1 aliphatic rings. The highest BCUT2D eigenvalue weighted by Gasteiger charge is 2.41. The first-order chi connectivity index (χ1) is 8.60. The van der Waals surface area contributed by atoms with E-state index in [1.54, 1.807) is 11.0 Å². The van der Waals surface area contributed by atoms with Crippen molar-refractivity contribution < 1.29 is 9.53 Å². The molecule has 0 atom stereocenters. The Bertz CT molecular complexity index is 521. The first-order valence-electron chi connectivity index (χ1n) is 6.28. The van der Waals surface area contributed by atoms with Crippen molar-refractivity contribution in [1.82, 2.24) is 4.98 Å². The number of halogens is 1. The molecule has 1 aliphatic heterocycles. The molecule has 1 aromatic heterocycles. The lowest BCUT2D eigenvalue weighted by molar-refractivity contribution is 0.0579. The molecule has 0 fully saturated rings. The summed E-state index contributed by atoms with van der Waals surface area (Å²) in [6, 6.07) is 3.52. The van der Waals surface area contributed by atoms with Crippen LogP contribution in [0.4, 0.5) is 10.5 Å². The van der Waals surface area contributed by atoms with Crippen LogP contribution in [-0.4, -0.2) is 23.2 Å². The molecule has 104 valence electrons. The Morgan fingerprint density at radius 3 is 2.63 bits per heavy atom. The number of anilines is 1. The van der Waals surface area contributed by atoms with Gasteiger partial charge in [-0.25, -0.2) is 9.78 Å². The number of hydrogen-bond acceptors (Lipinski definition) is 3. The molecule has 1 amide bonds. The van der Waals surface area contributed by atoms with Gasteiger partial charge in [-0.1, -0.05) is 25.4 Å². The molecule has 0 spiro atoms. The third-order valence-electron chi connectivity index (χ3n) is 2.94. The van der Waals surface area contributed by atoms with Crippen LogP contribution < -0.4 is 4.90 Å². The molecule has 0 radical (unpaired) electrons. The molecular weight excluding hydrogens is 264 g/mol. The monoisotopic (exact) mass is 282 g/mol. The number of carbonyl (C=O) groups is 1. The van der Waals surface area contributed by atoms with Gasteiger partial charge in [0.15, 0.2) is 0 Å². The van der Waals surface area contributed by atoms with E-state index in [1.165, 1.54) is 0 Å². The largest absolute Gasteiger partial charge is 0.443 e. The first kappa shape index (κ1) is 14.1. The summed E-state index contributed by atoms with van der Waals surface area (Å²) in [6.45, 7) is 10.2. The standard InChI is InChI=1S/C14H19ClN2O2/c1-13(2,3)19-12(18)17-8-14(4,5)11-9(17)6-7-10(15)16-11/h6-7H,8H2,1-5H3. The molecule has 2 heterocycles. The van der Waals surface area contributed by atoms with Crippen molar-refractivity contribution in [3.63, 3.8) is 0 Å². The third kappa shape index (κ3) is 2.84. The Labute approximate surface area is 118 Å². The van der Waals surface area contributed by atoms with E-state index in [2.05, 4.69) is 4.98 Å². The maximum atomic E-state index is 12.2. The van der Waals surface area contributed by atoms with E-state index in [-0.39, 0.29) is 11.5 Å². The fourth-order valence-corrected chi connectivity index (χ4v) is 2.33. The molecule has 5 heteroatoms. The van der Waals surface area contributed by atoms with E-state index in [4.69, 9.17) is 16.3 Å². The van der Waals surface area contributed by atoms with Crippen molar-refractivity contribution in [2.75, 3.05) is 11.4 Å². The van der Waals surface area contributed by atoms with Gasteiger partial charge in [0, 0.05) is 12.0 Å². The molecule has 0 aromatic carbocycles. The molecule has 2 rings (SSSR count). The van der Waals surface area contributed by atoms with Crippen molar-refractivity contribution in [3.05, 3.63) is 23.0 Å². The van der Waals surface area contributed by atoms with Crippen LogP contribution in [0, 0.1) is 0 Å². The summed E-state index contributed by atoms with van der Waals surface area (Å²) in [5.41, 5.74) is 0.885. The van der Waals surface area contributed by atoms with Gasteiger partial charge in [-0.15, -0.1) is 0 Å².